The van der Waals surface area contributed by atoms with Crippen molar-refractivity contribution in [1.29, 1.82) is 0 Å². The van der Waals surface area contributed by atoms with Gasteiger partial charge in [0, 0.05) is 0 Å². The molecule has 0 aliphatic carbocycles. The fourth-order valence-corrected chi connectivity index (χ4v) is 1.50. The van der Waals surface area contributed by atoms with Gasteiger partial charge in [-0.3, -0.25) is 0 Å². The summed E-state index contributed by atoms with van der Waals surface area (Å²) in [4.78, 5) is 10.3. The second-order valence-electron chi connectivity index (χ2n) is 2.56. The third-order valence-corrected chi connectivity index (χ3v) is 2.40. The molecule has 0 aliphatic heterocycles. The molecule has 76 valence electrons. The lowest BCUT2D eigenvalue weighted by Crippen LogP contribution is -2.04. The van der Waals surface area contributed by atoms with E-state index in [1.807, 2.05) is 0 Å². The van der Waals surface area contributed by atoms with Crippen LogP contribution in [0.4, 0.5) is 11.4 Å². The van der Waals surface area contributed by atoms with Gasteiger partial charge in [-0.15, -0.1) is 0 Å². The third kappa shape index (κ3) is 1.77. The first-order valence-corrected chi connectivity index (χ1v) is 4.68. The summed E-state index contributed by atoms with van der Waals surface area (Å²) in [5, 5.41) is 8.61. The van der Waals surface area contributed by atoms with Crippen molar-refractivity contribution in [2.75, 3.05) is 11.5 Å². The number of rotatable bonds is 2. The number of benzene rings is 1. The van der Waals surface area contributed by atoms with E-state index in [1.54, 1.807) is 0 Å². The smallest absolute Gasteiger partial charge is 0.335 e. The number of carboxylic acids is 1. The second-order valence-corrected chi connectivity index (χ2v) is 3.56. The Morgan fingerprint density at radius 2 is 1.86 bits per heavy atom. The standard InChI is InChI=1S/C7H8N2O4S/c8-4-1-3(7(10)11)2-5(6(4)9)14(12)13/h1-2,14H,8-9H2,(H,10,11). The molecule has 7 heteroatoms. The van der Waals surface area contributed by atoms with Crippen molar-refractivity contribution in [3.63, 3.8) is 0 Å². The van der Waals surface area contributed by atoms with E-state index >= 15 is 0 Å². The molecule has 5 N–H and O–H groups in total. The molecule has 1 rings (SSSR count). The van der Waals surface area contributed by atoms with E-state index in [1.165, 1.54) is 0 Å². The van der Waals surface area contributed by atoms with Crippen molar-refractivity contribution < 1.29 is 18.3 Å². The first kappa shape index (κ1) is 10.3. The predicted octanol–water partition coefficient (Wildman–Crippen LogP) is -0.480. The Labute approximate surface area is 81.1 Å². The minimum atomic E-state index is -2.94. The van der Waals surface area contributed by atoms with Crippen molar-refractivity contribution in [3.05, 3.63) is 17.7 Å². The minimum absolute atomic E-state index is 0.0564. The Hall–Kier alpha value is -1.76. The first-order chi connectivity index (χ1) is 6.43. The van der Waals surface area contributed by atoms with Crippen molar-refractivity contribution in [1.82, 2.24) is 0 Å². The summed E-state index contributed by atoms with van der Waals surface area (Å²) in [5.41, 5.74) is 10.3. The van der Waals surface area contributed by atoms with Crippen LogP contribution in [0, 0.1) is 0 Å². The molecule has 0 saturated carbocycles. The highest BCUT2D eigenvalue weighted by molar-refractivity contribution is 7.72. The third-order valence-electron chi connectivity index (χ3n) is 1.63. The number of hydrogen-bond acceptors (Lipinski definition) is 5. The molecule has 0 saturated heterocycles. The number of carbonyl (C=O) groups is 1. The van der Waals surface area contributed by atoms with E-state index in [-0.39, 0.29) is 21.8 Å². The van der Waals surface area contributed by atoms with Gasteiger partial charge < -0.3 is 16.6 Å². The highest BCUT2D eigenvalue weighted by atomic mass is 32.2. The van der Waals surface area contributed by atoms with E-state index in [0.717, 1.165) is 12.1 Å². The Morgan fingerprint density at radius 3 is 2.29 bits per heavy atom. The van der Waals surface area contributed by atoms with Gasteiger partial charge in [-0.2, -0.15) is 0 Å². The summed E-state index contributed by atoms with van der Waals surface area (Å²) in [7, 11) is -2.94. The van der Waals surface area contributed by atoms with Crippen molar-refractivity contribution in [2.24, 2.45) is 0 Å². The number of aromatic carboxylic acids is 1. The monoisotopic (exact) mass is 216 g/mol. The molecule has 1 aromatic rings. The van der Waals surface area contributed by atoms with Crippen LogP contribution in [-0.2, 0) is 10.7 Å². The van der Waals surface area contributed by atoms with Gasteiger partial charge in [0.1, 0.15) is 0 Å². The van der Waals surface area contributed by atoms with Gasteiger partial charge in [0.2, 0.25) is 0 Å². The second kappa shape index (κ2) is 3.54. The van der Waals surface area contributed by atoms with Crippen LogP contribution >= 0.6 is 0 Å². The van der Waals surface area contributed by atoms with Crippen LogP contribution in [0.15, 0.2) is 17.0 Å². The quantitative estimate of drug-likeness (QED) is 0.391. The summed E-state index contributed by atoms with van der Waals surface area (Å²) in [6.07, 6.45) is 0. The molecule has 0 aliphatic rings. The number of thiol groups is 1. The SMILES string of the molecule is Nc1cc(C(=O)O)cc([SH](=O)=O)c1N. The number of carboxylic acid groups (broad SMARTS) is 1. The number of anilines is 2. The van der Waals surface area contributed by atoms with E-state index in [2.05, 4.69) is 0 Å². The van der Waals surface area contributed by atoms with E-state index < -0.39 is 16.7 Å². The van der Waals surface area contributed by atoms with Crippen molar-refractivity contribution >= 4 is 28.0 Å². The Balaban J connectivity index is 3.51. The van der Waals surface area contributed by atoms with Gasteiger partial charge in [0.25, 0.3) is 0 Å². The van der Waals surface area contributed by atoms with Crippen LogP contribution in [-0.4, -0.2) is 19.5 Å². The average molecular weight is 216 g/mol. The van der Waals surface area contributed by atoms with E-state index in [4.69, 9.17) is 16.6 Å². The Kier molecular flexibility index (Phi) is 2.61. The zero-order valence-electron chi connectivity index (χ0n) is 6.93. The molecule has 0 amide bonds. The first-order valence-electron chi connectivity index (χ1n) is 3.50. The zero-order valence-corrected chi connectivity index (χ0v) is 7.82. The van der Waals surface area contributed by atoms with Crippen LogP contribution in [0.2, 0.25) is 0 Å². The molecule has 0 atom stereocenters. The topological polar surface area (TPSA) is 123 Å². The van der Waals surface area contributed by atoms with Gasteiger partial charge in [-0.05, 0) is 12.1 Å². The molecule has 0 spiro atoms. The Bertz CT molecular complexity index is 459. The van der Waals surface area contributed by atoms with Crippen LogP contribution in [0.25, 0.3) is 0 Å². The van der Waals surface area contributed by atoms with E-state index in [0.29, 0.717) is 0 Å². The molecule has 0 fully saturated rings. The molecule has 0 radical (unpaired) electrons. The molecule has 6 nitrogen and oxygen atoms in total. The van der Waals surface area contributed by atoms with Crippen molar-refractivity contribution in [3.8, 4) is 0 Å². The maximum absolute atomic E-state index is 10.7. The van der Waals surface area contributed by atoms with Gasteiger partial charge in [0.05, 0.1) is 21.8 Å². The number of hydrogen-bond donors (Lipinski definition) is 4. The van der Waals surface area contributed by atoms with Crippen molar-refractivity contribution in [2.45, 2.75) is 4.90 Å². The normalized spacial score (nSPS) is 10.4. The van der Waals surface area contributed by atoms with Crippen LogP contribution in [0.1, 0.15) is 10.4 Å². The van der Waals surface area contributed by atoms with E-state index in [9.17, 15) is 13.2 Å². The maximum Gasteiger partial charge on any atom is 0.335 e. The Morgan fingerprint density at radius 1 is 1.29 bits per heavy atom. The fourth-order valence-electron chi connectivity index (χ4n) is 0.934. The summed E-state index contributed by atoms with van der Waals surface area (Å²) in [6, 6.07) is 2.08. The summed E-state index contributed by atoms with van der Waals surface area (Å²) < 4.78 is 21.3. The molecule has 0 aromatic heterocycles. The molecule has 0 bridgehead atoms. The number of nitrogen functional groups attached to an aromatic ring is 2. The minimum Gasteiger partial charge on any atom is -0.478 e. The lowest BCUT2D eigenvalue weighted by molar-refractivity contribution is 0.0696. The molecular weight excluding hydrogens is 208 g/mol. The zero-order chi connectivity index (χ0) is 10.9. The lowest BCUT2D eigenvalue weighted by Gasteiger charge is -2.04. The van der Waals surface area contributed by atoms with Gasteiger partial charge in [-0.25, -0.2) is 13.2 Å². The maximum atomic E-state index is 10.7. The molecule has 0 heterocycles. The summed E-state index contributed by atoms with van der Waals surface area (Å²) in [5.74, 6) is -1.25. The largest absolute Gasteiger partial charge is 0.478 e. The van der Waals surface area contributed by atoms with Gasteiger partial charge in [-0.1, -0.05) is 0 Å². The van der Waals surface area contributed by atoms with Gasteiger partial charge >= 0.3 is 5.97 Å². The average Bonchev–Trinajstić information content (AvgIpc) is 2.08. The summed E-state index contributed by atoms with van der Waals surface area (Å²) >= 11 is 0. The fraction of sp³-hybridized carbons (Fsp3) is 0. The lowest BCUT2D eigenvalue weighted by atomic mass is 10.2. The molecule has 1 aromatic carbocycles. The predicted molar refractivity (Wildman–Crippen MR) is 50.8 cm³/mol. The van der Waals surface area contributed by atoms with Gasteiger partial charge in [0.15, 0.2) is 10.7 Å². The summed E-state index contributed by atoms with van der Waals surface area (Å²) in [6.45, 7) is 0. The molecular formula is C7H8N2O4S. The van der Waals surface area contributed by atoms with Crippen LogP contribution < -0.4 is 11.5 Å². The van der Waals surface area contributed by atoms with Crippen LogP contribution in [0.3, 0.4) is 0 Å². The highest BCUT2D eigenvalue weighted by Gasteiger charge is 2.11. The highest BCUT2D eigenvalue weighted by Crippen LogP contribution is 2.23. The van der Waals surface area contributed by atoms with Crippen LogP contribution in [0.5, 0.6) is 0 Å². The molecule has 0 unspecified atom stereocenters. The molecule has 14 heavy (non-hydrogen) atoms. The number of nitrogens with two attached hydrogens (primary N) is 2.